The number of aromatic nitrogens is 4. The van der Waals surface area contributed by atoms with Gasteiger partial charge in [0.25, 0.3) is 0 Å². The molecule has 8 heteroatoms. The summed E-state index contributed by atoms with van der Waals surface area (Å²) in [5.74, 6) is -1.19. The van der Waals surface area contributed by atoms with Crippen molar-refractivity contribution in [2.45, 2.75) is 6.54 Å². The number of ether oxygens (including phenoxy) is 1. The number of carboxylic acids is 1. The van der Waals surface area contributed by atoms with Gasteiger partial charge in [0.15, 0.2) is 0 Å². The number of halogens is 1. The van der Waals surface area contributed by atoms with E-state index in [1.165, 1.54) is 16.9 Å². The maximum Gasteiger partial charge on any atom is 0.338 e. The SMILES string of the molecule is COc1ccc(Cn2nnc(-c3ccc(C(=O)O)c(F)c3)n2)cc1. The number of benzene rings is 2. The van der Waals surface area contributed by atoms with Gasteiger partial charge >= 0.3 is 5.97 Å². The van der Waals surface area contributed by atoms with E-state index in [1.54, 1.807) is 7.11 Å². The zero-order valence-corrected chi connectivity index (χ0v) is 12.7. The van der Waals surface area contributed by atoms with Crippen LogP contribution >= 0.6 is 0 Å². The van der Waals surface area contributed by atoms with Crippen molar-refractivity contribution in [1.29, 1.82) is 0 Å². The topological polar surface area (TPSA) is 90.1 Å². The van der Waals surface area contributed by atoms with Crippen LogP contribution in [0.3, 0.4) is 0 Å². The lowest BCUT2D eigenvalue weighted by Gasteiger charge is -2.02. The van der Waals surface area contributed by atoms with E-state index in [0.717, 1.165) is 17.4 Å². The van der Waals surface area contributed by atoms with Gasteiger partial charge in [0, 0.05) is 5.56 Å². The highest BCUT2D eigenvalue weighted by atomic mass is 19.1. The molecule has 0 spiro atoms. The molecule has 0 amide bonds. The summed E-state index contributed by atoms with van der Waals surface area (Å²) in [7, 11) is 1.59. The Balaban J connectivity index is 1.79. The Kier molecular flexibility index (Phi) is 4.19. The summed E-state index contributed by atoms with van der Waals surface area (Å²) in [6.45, 7) is 0.396. The molecule has 2 aromatic carbocycles. The number of aromatic carboxylic acids is 1. The molecule has 0 aliphatic carbocycles. The molecule has 1 N–H and O–H groups in total. The summed E-state index contributed by atoms with van der Waals surface area (Å²) in [6.07, 6.45) is 0. The molecule has 122 valence electrons. The number of hydrogen-bond acceptors (Lipinski definition) is 5. The number of carboxylic acid groups (broad SMARTS) is 1. The quantitative estimate of drug-likeness (QED) is 0.772. The first-order valence-electron chi connectivity index (χ1n) is 7.01. The lowest BCUT2D eigenvalue weighted by molar-refractivity contribution is 0.0692. The molecule has 3 rings (SSSR count). The Bertz CT molecular complexity index is 877. The molecule has 0 unspecified atom stereocenters. The maximum absolute atomic E-state index is 13.7. The Morgan fingerprint density at radius 2 is 2.00 bits per heavy atom. The summed E-state index contributed by atoms with van der Waals surface area (Å²) in [5, 5.41) is 20.8. The van der Waals surface area contributed by atoms with Crippen LogP contribution in [0, 0.1) is 5.82 Å². The second-order valence-corrected chi connectivity index (χ2v) is 4.99. The Labute approximate surface area is 136 Å². The molecule has 0 aliphatic heterocycles. The molecule has 0 atom stereocenters. The van der Waals surface area contributed by atoms with E-state index in [1.807, 2.05) is 24.3 Å². The van der Waals surface area contributed by atoms with E-state index in [-0.39, 0.29) is 5.82 Å². The fraction of sp³-hybridized carbons (Fsp3) is 0.125. The summed E-state index contributed by atoms with van der Waals surface area (Å²) < 4.78 is 18.8. The highest BCUT2D eigenvalue weighted by molar-refractivity contribution is 5.88. The molecule has 3 aromatic rings. The van der Waals surface area contributed by atoms with Gasteiger partial charge in [-0.25, -0.2) is 9.18 Å². The molecular formula is C16H13FN4O3. The minimum absolute atomic E-state index is 0.222. The van der Waals surface area contributed by atoms with E-state index in [4.69, 9.17) is 9.84 Å². The van der Waals surface area contributed by atoms with Gasteiger partial charge < -0.3 is 9.84 Å². The molecule has 1 heterocycles. The first-order valence-corrected chi connectivity index (χ1v) is 7.01. The van der Waals surface area contributed by atoms with Crippen molar-refractivity contribution in [1.82, 2.24) is 20.2 Å². The maximum atomic E-state index is 13.7. The van der Waals surface area contributed by atoms with E-state index >= 15 is 0 Å². The highest BCUT2D eigenvalue weighted by Gasteiger charge is 2.13. The van der Waals surface area contributed by atoms with Crippen molar-refractivity contribution in [3.05, 3.63) is 59.4 Å². The average Bonchev–Trinajstić information content (AvgIpc) is 3.03. The van der Waals surface area contributed by atoms with Crippen LogP contribution in [0.5, 0.6) is 5.75 Å². The number of rotatable bonds is 5. The zero-order chi connectivity index (χ0) is 17.1. The molecule has 0 radical (unpaired) electrons. The Morgan fingerprint density at radius 1 is 1.25 bits per heavy atom. The summed E-state index contributed by atoms with van der Waals surface area (Å²) >= 11 is 0. The normalized spacial score (nSPS) is 10.6. The molecule has 0 aliphatic rings. The molecule has 24 heavy (non-hydrogen) atoms. The van der Waals surface area contributed by atoms with Crippen molar-refractivity contribution >= 4 is 5.97 Å². The Morgan fingerprint density at radius 3 is 2.62 bits per heavy atom. The van der Waals surface area contributed by atoms with Crippen LogP contribution in [0.4, 0.5) is 4.39 Å². The van der Waals surface area contributed by atoms with Gasteiger partial charge in [0.2, 0.25) is 5.82 Å². The van der Waals surface area contributed by atoms with E-state index < -0.39 is 17.3 Å². The third-order valence-corrected chi connectivity index (χ3v) is 3.39. The van der Waals surface area contributed by atoms with Gasteiger partial charge in [-0.1, -0.05) is 12.1 Å². The first kappa shape index (κ1) is 15.6. The third kappa shape index (κ3) is 3.22. The monoisotopic (exact) mass is 328 g/mol. The summed E-state index contributed by atoms with van der Waals surface area (Å²) in [4.78, 5) is 12.2. The zero-order valence-electron chi connectivity index (χ0n) is 12.7. The molecule has 7 nitrogen and oxygen atoms in total. The minimum Gasteiger partial charge on any atom is -0.497 e. The number of nitrogens with zero attached hydrogens (tertiary/aromatic N) is 4. The van der Waals surface area contributed by atoms with Crippen molar-refractivity contribution in [3.8, 4) is 17.1 Å². The predicted octanol–water partition coefficient (Wildman–Crippen LogP) is 2.23. The van der Waals surface area contributed by atoms with E-state index in [9.17, 15) is 9.18 Å². The van der Waals surface area contributed by atoms with Crippen LogP contribution in [-0.2, 0) is 6.54 Å². The third-order valence-electron chi connectivity index (χ3n) is 3.39. The van der Waals surface area contributed by atoms with Crippen LogP contribution in [0.15, 0.2) is 42.5 Å². The van der Waals surface area contributed by atoms with Crippen molar-refractivity contribution in [3.63, 3.8) is 0 Å². The molecule has 0 bridgehead atoms. The molecule has 0 saturated carbocycles. The van der Waals surface area contributed by atoms with Crippen molar-refractivity contribution in [2.24, 2.45) is 0 Å². The van der Waals surface area contributed by atoms with Gasteiger partial charge in [-0.05, 0) is 41.1 Å². The first-order chi connectivity index (χ1) is 11.6. The highest BCUT2D eigenvalue weighted by Crippen LogP contribution is 2.18. The summed E-state index contributed by atoms with van der Waals surface area (Å²) in [5.41, 5.74) is 0.912. The fourth-order valence-electron chi connectivity index (χ4n) is 2.15. The van der Waals surface area contributed by atoms with E-state index in [0.29, 0.717) is 12.1 Å². The van der Waals surface area contributed by atoms with Gasteiger partial charge in [-0.2, -0.15) is 4.80 Å². The van der Waals surface area contributed by atoms with Crippen molar-refractivity contribution < 1.29 is 19.0 Å². The minimum atomic E-state index is -1.32. The lowest BCUT2D eigenvalue weighted by atomic mass is 10.1. The number of tetrazole rings is 1. The second kappa shape index (κ2) is 6.45. The van der Waals surface area contributed by atoms with Gasteiger partial charge in [-0.3, -0.25) is 0 Å². The number of methoxy groups -OCH3 is 1. The molecule has 0 saturated heterocycles. The van der Waals surface area contributed by atoms with Crippen LogP contribution in [0.1, 0.15) is 15.9 Å². The lowest BCUT2D eigenvalue weighted by Crippen LogP contribution is -2.04. The molecular weight excluding hydrogens is 315 g/mol. The van der Waals surface area contributed by atoms with Gasteiger partial charge in [-0.15, -0.1) is 10.2 Å². The predicted molar refractivity (Wildman–Crippen MR) is 82.3 cm³/mol. The fourth-order valence-corrected chi connectivity index (χ4v) is 2.15. The van der Waals surface area contributed by atoms with Crippen molar-refractivity contribution in [2.75, 3.05) is 7.11 Å². The van der Waals surface area contributed by atoms with Crippen LogP contribution in [-0.4, -0.2) is 38.4 Å². The molecule has 1 aromatic heterocycles. The van der Waals surface area contributed by atoms with Crippen LogP contribution < -0.4 is 4.74 Å². The Hall–Kier alpha value is -3.29. The largest absolute Gasteiger partial charge is 0.497 e. The van der Waals surface area contributed by atoms with Gasteiger partial charge in [0.05, 0.1) is 19.2 Å². The second-order valence-electron chi connectivity index (χ2n) is 4.99. The smallest absolute Gasteiger partial charge is 0.338 e. The molecule has 0 fully saturated rings. The van der Waals surface area contributed by atoms with E-state index in [2.05, 4.69) is 15.4 Å². The van der Waals surface area contributed by atoms with Crippen LogP contribution in [0.2, 0.25) is 0 Å². The average molecular weight is 328 g/mol. The number of hydrogen-bond donors (Lipinski definition) is 1. The van der Waals surface area contributed by atoms with Crippen LogP contribution in [0.25, 0.3) is 11.4 Å². The summed E-state index contributed by atoms with van der Waals surface area (Å²) in [6, 6.07) is 11.1. The standard InChI is InChI=1S/C16H13FN4O3/c1-24-12-5-2-10(3-6-12)9-21-19-15(18-20-21)11-4-7-13(16(22)23)14(17)8-11/h2-8H,9H2,1H3,(H,22,23). The number of carbonyl (C=O) groups is 1. The van der Waals surface area contributed by atoms with Gasteiger partial charge in [0.1, 0.15) is 11.6 Å².